The molecule has 2 heterocycles. The maximum Gasteiger partial charge on any atom is 0.433 e. The number of thioether (sulfide) groups is 1. The number of furan rings is 1. The molecule has 27 heavy (non-hydrogen) atoms. The molecule has 0 saturated heterocycles. The Morgan fingerprint density at radius 1 is 1.48 bits per heavy atom. The lowest BCUT2D eigenvalue weighted by molar-refractivity contribution is -0.402. The predicted octanol–water partition coefficient (Wildman–Crippen LogP) is 1.84. The van der Waals surface area contributed by atoms with E-state index in [9.17, 15) is 24.1 Å². The van der Waals surface area contributed by atoms with E-state index in [1.807, 2.05) is 6.26 Å². The average Bonchev–Trinajstić information content (AvgIpc) is 3.28. The number of anilines is 1. The summed E-state index contributed by atoms with van der Waals surface area (Å²) in [5, 5.41) is 19.6. The van der Waals surface area contributed by atoms with E-state index < -0.39 is 35.3 Å². The quantitative estimate of drug-likeness (QED) is 0.460. The molecule has 2 aromatic rings. The second-order valence-electron chi connectivity index (χ2n) is 5.37. The number of alkyl halides is 1. The largest absolute Gasteiger partial charge is 0.433 e. The van der Waals surface area contributed by atoms with Crippen LogP contribution in [0.2, 0.25) is 0 Å². The Morgan fingerprint density at radius 3 is 2.89 bits per heavy atom. The first kappa shape index (κ1) is 20.4. The second kappa shape index (κ2) is 9.71. The van der Waals surface area contributed by atoms with Crippen molar-refractivity contribution >= 4 is 35.1 Å². The third-order valence-corrected chi connectivity index (χ3v) is 4.09. The number of carbonyl (C=O) groups excluding carboxylic acids is 2. The maximum atomic E-state index is 12.5. The summed E-state index contributed by atoms with van der Waals surface area (Å²) in [5.74, 6) is -1.46. The molecule has 2 N–H and O–H groups in total. The first-order valence-electron chi connectivity index (χ1n) is 7.88. The van der Waals surface area contributed by atoms with Crippen LogP contribution in [0.3, 0.4) is 0 Å². The smallest absolute Gasteiger partial charge is 0.395 e. The third-order valence-electron chi connectivity index (χ3n) is 3.44. The molecule has 0 aliphatic rings. The highest BCUT2D eigenvalue weighted by molar-refractivity contribution is 7.98. The first-order chi connectivity index (χ1) is 12.9. The Kier molecular flexibility index (Phi) is 7.34. The van der Waals surface area contributed by atoms with Crippen molar-refractivity contribution in [1.29, 1.82) is 0 Å². The minimum atomic E-state index is -0.890. The van der Waals surface area contributed by atoms with E-state index in [0.29, 0.717) is 17.9 Å². The third kappa shape index (κ3) is 5.81. The van der Waals surface area contributed by atoms with Gasteiger partial charge in [-0.1, -0.05) is 0 Å². The second-order valence-corrected chi connectivity index (χ2v) is 6.36. The number of aryl methyl sites for hydroxylation is 1. The number of hydrogen-bond donors (Lipinski definition) is 2. The summed E-state index contributed by atoms with van der Waals surface area (Å²) in [4.78, 5) is 34.6. The highest BCUT2D eigenvalue weighted by Crippen LogP contribution is 2.16. The molecule has 2 aromatic heterocycles. The van der Waals surface area contributed by atoms with Gasteiger partial charge in [-0.3, -0.25) is 24.4 Å². The van der Waals surface area contributed by atoms with Crippen LogP contribution in [0.5, 0.6) is 0 Å². The summed E-state index contributed by atoms with van der Waals surface area (Å²) in [6.07, 6.45) is 5.03. The Hall–Kier alpha value is -2.89. The van der Waals surface area contributed by atoms with Gasteiger partial charge in [-0.2, -0.15) is 16.9 Å². The molecule has 0 aromatic carbocycles. The number of nitrogens with zero attached hydrogens (tertiary/aromatic N) is 3. The molecule has 0 aliphatic carbocycles. The molecule has 1 atom stereocenters. The maximum absolute atomic E-state index is 12.5. The molecule has 1 unspecified atom stereocenters. The summed E-state index contributed by atoms with van der Waals surface area (Å²) in [7, 11) is 0. The fourth-order valence-corrected chi connectivity index (χ4v) is 2.62. The van der Waals surface area contributed by atoms with Gasteiger partial charge in [0, 0.05) is 6.20 Å². The summed E-state index contributed by atoms with van der Waals surface area (Å²) in [6, 6.07) is 1.34. The molecule has 0 spiro atoms. The summed E-state index contributed by atoms with van der Waals surface area (Å²) < 4.78 is 18.5. The van der Waals surface area contributed by atoms with E-state index in [0.717, 1.165) is 12.1 Å². The molecular formula is C15H18FN5O5S. The average molecular weight is 399 g/mol. The van der Waals surface area contributed by atoms with E-state index in [1.54, 1.807) is 0 Å². The van der Waals surface area contributed by atoms with Crippen molar-refractivity contribution in [2.24, 2.45) is 0 Å². The lowest BCUT2D eigenvalue weighted by Crippen LogP contribution is -2.44. The number of carbonyl (C=O) groups is 2. The van der Waals surface area contributed by atoms with Gasteiger partial charge in [0.2, 0.25) is 5.91 Å². The van der Waals surface area contributed by atoms with Crippen molar-refractivity contribution in [3.63, 3.8) is 0 Å². The van der Waals surface area contributed by atoms with Crippen LogP contribution >= 0.6 is 11.8 Å². The molecule has 12 heteroatoms. The van der Waals surface area contributed by atoms with Crippen molar-refractivity contribution in [3.05, 3.63) is 40.4 Å². The zero-order chi connectivity index (χ0) is 19.8. The molecule has 0 radical (unpaired) electrons. The van der Waals surface area contributed by atoms with Crippen molar-refractivity contribution in [1.82, 2.24) is 15.1 Å². The van der Waals surface area contributed by atoms with E-state index in [1.165, 1.54) is 28.8 Å². The van der Waals surface area contributed by atoms with Crippen LogP contribution in [-0.4, -0.2) is 51.2 Å². The van der Waals surface area contributed by atoms with Crippen LogP contribution in [0.1, 0.15) is 17.0 Å². The van der Waals surface area contributed by atoms with Gasteiger partial charge in [-0.25, -0.2) is 4.39 Å². The Morgan fingerprint density at radius 2 is 2.26 bits per heavy atom. The van der Waals surface area contributed by atoms with Gasteiger partial charge in [-0.15, -0.1) is 0 Å². The van der Waals surface area contributed by atoms with E-state index in [4.69, 9.17) is 4.42 Å². The highest BCUT2D eigenvalue weighted by Gasteiger charge is 2.24. The van der Waals surface area contributed by atoms with Gasteiger partial charge >= 0.3 is 5.88 Å². The highest BCUT2D eigenvalue weighted by atomic mass is 32.2. The van der Waals surface area contributed by atoms with Crippen molar-refractivity contribution in [2.75, 3.05) is 24.0 Å². The Balaban J connectivity index is 2.04. The normalized spacial score (nSPS) is 11.8. The van der Waals surface area contributed by atoms with Crippen LogP contribution in [-0.2, 0) is 11.3 Å². The Bertz CT molecular complexity index is 808. The molecule has 0 fully saturated rings. The van der Waals surface area contributed by atoms with Gasteiger partial charge in [0.1, 0.15) is 17.6 Å². The Labute approximate surface area is 157 Å². The van der Waals surface area contributed by atoms with E-state index in [-0.39, 0.29) is 12.3 Å². The summed E-state index contributed by atoms with van der Waals surface area (Å²) in [6.45, 7) is -0.517. The number of amides is 2. The van der Waals surface area contributed by atoms with Crippen LogP contribution < -0.4 is 10.6 Å². The molecule has 2 amide bonds. The molecule has 0 saturated carbocycles. The number of aromatic nitrogens is 2. The number of nitrogens with one attached hydrogen (secondary N) is 2. The zero-order valence-corrected chi connectivity index (χ0v) is 15.2. The van der Waals surface area contributed by atoms with Crippen LogP contribution in [0.25, 0.3) is 0 Å². The van der Waals surface area contributed by atoms with E-state index in [2.05, 4.69) is 15.7 Å². The fraction of sp³-hybridized carbons (Fsp3) is 0.400. The molecule has 0 aliphatic heterocycles. The van der Waals surface area contributed by atoms with Crippen molar-refractivity contribution in [2.45, 2.75) is 19.0 Å². The molecule has 146 valence electrons. The van der Waals surface area contributed by atoms with Gasteiger partial charge in [0.05, 0.1) is 24.5 Å². The topological polar surface area (TPSA) is 132 Å². The van der Waals surface area contributed by atoms with Crippen molar-refractivity contribution < 1.29 is 23.3 Å². The number of hydrogen-bond acceptors (Lipinski definition) is 7. The minimum Gasteiger partial charge on any atom is -0.395 e. The van der Waals surface area contributed by atoms with Crippen LogP contribution in [0, 0.1) is 10.1 Å². The van der Waals surface area contributed by atoms with Crippen LogP contribution in [0.4, 0.5) is 16.0 Å². The number of halogens is 1. The lowest BCUT2D eigenvalue weighted by Gasteiger charge is -2.16. The lowest BCUT2D eigenvalue weighted by atomic mass is 10.2. The minimum absolute atomic E-state index is 0.0692. The predicted molar refractivity (Wildman–Crippen MR) is 96.4 cm³/mol. The fourth-order valence-electron chi connectivity index (χ4n) is 2.15. The number of nitro groups is 1. The molecular weight excluding hydrogens is 381 g/mol. The molecule has 0 bridgehead atoms. The van der Waals surface area contributed by atoms with Gasteiger partial charge < -0.3 is 15.1 Å². The standard InChI is InChI=1S/C15H18FN5O5S/c1-27-7-4-11(14(22)18-10-8-17-20(9-10)6-5-16)19-15(23)12-2-3-13(26-12)21(24)25/h2-3,8-9,11H,4-7H2,1H3,(H,18,22)(H,19,23). The first-order valence-corrected chi connectivity index (χ1v) is 9.27. The van der Waals surface area contributed by atoms with Gasteiger partial charge in [0.25, 0.3) is 5.91 Å². The zero-order valence-electron chi connectivity index (χ0n) is 14.4. The monoisotopic (exact) mass is 399 g/mol. The van der Waals surface area contributed by atoms with Gasteiger partial charge in [-0.05, 0) is 24.5 Å². The SMILES string of the molecule is CSCCC(NC(=O)c1ccc([N+](=O)[O-])o1)C(=O)Nc1cnn(CCF)c1. The van der Waals surface area contributed by atoms with Crippen molar-refractivity contribution in [3.8, 4) is 0 Å². The summed E-state index contributed by atoms with van der Waals surface area (Å²) in [5.41, 5.74) is 0.366. The molecule has 10 nitrogen and oxygen atoms in total. The number of rotatable bonds is 10. The van der Waals surface area contributed by atoms with E-state index >= 15 is 0 Å². The van der Waals surface area contributed by atoms with Gasteiger partial charge in [0.15, 0.2) is 5.76 Å². The summed E-state index contributed by atoms with van der Waals surface area (Å²) >= 11 is 1.49. The van der Waals surface area contributed by atoms with Crippen LogP contribution in [0.15, 0.2) is 28.9 Å². The molecule has 2 rings (SSSR count).